The molecule has 2 aliphatic rings. The number of anilines is 1. The molecule has 2 bridgehead atoms. The fourth-order valence-corrected chi connectivity index (χ4v) is 4.22. The van der Waals surface area contributed by atoms with E-state index in [0.29, 0.717) is 11.1 Å². The number of ether oxygens (including phenoxy) is 2. The smallest absolute Gasteiger partial charge is 0.142 e. The third-order valence-electron chi connectivity index (χ3n) is 6.20. The highest BCUT2D eigenvalue weighted by Crippen LogP contribution is 2.66. The van der Waals surface area contributed by atoms with Crippen LogP contribution in [0.5, 0.6) is 11.5 Å². The first-order valence-corrected chi connectivity index (χ1v) is 7.48. The Morgan fingerprint density at radius 3 is 2.50 bits per heavy atom. The molecule has 1 aromatic rings. The van der Waals surface area contributed by atoms with Gasteiger partial charge in [-0.3, -0.25) is 0 Å². The highest BCUT2D eigenvalue weighted by atomic mass is 16.5. The van der Waals surface area contributed by atoms with Crippen LogP contribution in [0.2, 0.25) is 0 Å². The van der Waals surface area contributed by atoms with Crippen LogP contribution in [0.25, 0.3) is 0 Å². The van der Waals surface area contributed by atoms with Crippen LogP contribution in [0.1, 0.15) is 40.0 Å². The maximum absolute atomic E-state index is 6.30. The van der Waals surface area contributed by atoms with Gasteiger partial charge in [-0.1, -0.05) is 20.8 Å². The van der Waals surface area contributed by atoms with Crippen LogP contribution in [0.4, 0.5) is 5.69 Å². The molecule has 2 N–H and O–H groups in total. The van der Waals surface area contributed by atoms with Crippen LogP contribution in [-0.2, 0) is 0 Å². The molecule has 0 amide bonds. The first kappa shape index (κ1) is 13.6. The number of rotatable bonds is 3. The van der Waals surface area contributed by atoms with Crippen molar-refractivity contribution in [1.29, 1.82) is 0 Å². The molecule has 0 aromatic heterocycles. The molecule has 1 aromatic carbocycles. The molecule has 0 heterocycles. The van der Waals surface area contributed by atoms with Gasteiger partial charge >= 0.3 is 0 Å². The van der Waals surface area contributed by atoms with Gasteiger partial charge in [-0.15, -0.1) is 0 Å². The second kappa shape index (κ2) is 4.31. The molecule has 2 saturated carbocycles. The summed E-state index contributed by atoms with van der Waals surface area (Å²) in [5.41, 5.74) is 7.35. The number of nitrogen functional groups attached to an aromatic ring is 1. The average Bonchev–Trinajstić information content (AvgIpc) is 2.74. The number of benzene rings is 1. The van der Waals surface area contributed by atoms with Crippen LogP contribution >= 0.6 is 0 Å². The lowest BCUT2D eigenvalue weighted by Gasteiger charge is -2.39. The van der Waals surface area contributed by atoms with Crippen molar-refractivity contribution >= 4 is 5.69 Å². The van der Waals surface area contributed by atoms with Gasteiger partial charge in [-0.2, -0.15) is 0 Å². The van der Waals surface area contributed by atoms with E-state index in [2.05, 4.69) is 20.8 Å². The maximum Gasteiger partial charge on any atom is 0.142 e. The third kappa shape index (κ3) is 1.72. The number of nitrogens with two attached hydrogens (primary N) is 1. The van der Waals surface area contributed by atoms with Gasteiger partial charge in [0, 0.05) is 11.5 Å². The summed E-state index contributed by atoms with van der Waals surface area (Å²) < 4.78 is 11.5. The number of hydrogen-bond donors (Lipinski definition) is 1. The van der Waals surface area contributed by atoms with Gasteiger partial charge in [0.15, 0.2) is 0 Å². The molecule has 0 radical (unpaired) electrons. The van der Waals surface area contributed by atoms with Crippen molar-refractivity contribution < 1.29 is 9.47 Å². The molecule has 3 heteroatoms. The average molecular weight is 275 g/mol. The molecule has 0 spiro atoms. The summed E-state index contributed by atoms with van der Waals surface area (Å²) in [6.07, 6.45) is 4.01. The van der Waals surface area contributed by atoms with E-state index in [-0.39, 0.29) is 11.5 Å². The first-order chi connectivity index (χ1) is 9.38. The third-order valence-corrected chi connectivity index (χ3v) is 6.20. The van der Waals surface area contributed by atoms with Gasteiger partial charge in [-0.25, -0.2) is 0 Å². The topological polar surface area (TPSA) is 44.5 Å². The fraction of sp³-hybridized carbons (Fsp3) is 0.647. The van der Waals surface area contributed by atoms with E-state index < -0.39 is 0 Å². The second-order valence-electron chi connectivity index (χ2n) is 7.12. The zero-order valence-electron chi connectivity index (χ0n) is 12.9. The van der Waals surface area contributed by atoms with E-state index in [4.69, 9.17) is 15.2 Å². The minimum atomic E-state index is 0.254. The monoisotopic (exact) mass is 275 g/mol. The van der Waals surface area contributed by atoms with Gasteiger partial charge in [0.05, 0.1) is 12.8 Å². The minimum absolute atomic E-state index is 0.254. The largest absolute Gasteiger partial charge is 0.497 e. The van der Waals surface area contributed by atoms with E-state index in [1.165, 1.54) is 12.8 Å². The Morgan fingerprint density at radius 1 is 1.25 bits per heavy atom. The zero-order valence-corrected chi connectivity index (χ0v) is 12.9. The molecular formula is C17H25NO2. The lowest BCUT2D eigenvalue weighted by molar-refractivity contribution is 0.0306. The Hall–Kier alpha value is -1.38. The van der Waals surface area contributed by atoms with Gasteiger partial charge < -0.3 is 15.2 Å². The molecule has 110 valence electrons. The van der Waals surface area contributed by atoms with Crippen LogP contribution < -0.4 is 15.2 Å². The molecule has 3 atom stereocenters. The Kier molecular flexibility index (Phi) is 2.93. The molecule has 0 aliphatic heterocycles. The summed E-state index contributed by atoms with van der Waals surface area (Å²) >= 11 is 0. The number of methoxy groups -OCH3 is 1. The van der Waals surface area contributed by atoms with E-state index >= 15 is 0 Å². The van der Waals surface area contributed by atoms with Crippen molar-refractivity contribution in [2.24, 2.45) is 16.7 Å². The molecule has 0 saturated heterocycles. The minimum Gasteiger partial charge on any atom is -0.497 e. The number of hydrogen-bond acceptors (Lipinski definition) is 3. The first-order valence-electron chi connectivity index (χ1n) is 7.48. The number of fused-ring (bicyclic) bond motifs is 2. The molecule has 2 fully saturated rings. The molecule has 20 heavy (non-hydrogen) atoms. The zero-order chi connectivity index (χ0) is 14.5. The van der Waals surface area contributed by atoms with Crippen molar-refractivity contribution in [3.63, 3.8) is 0 Å². The molecular weight excluding hydrogens is 250 g/mol. The van der Waals surface area contributed by atoms with Gasteiger partial charge in [-0.05, 0) is 42.7 Å². The molecule has 3 unspecified atom stereocenters. The van der Waals surface area contributed by atoms with Crippen molar-refractivity contribution in [1.82, 2.24) is 0 Å². The maximum atomic E-state index is 6.30. The van der Waals surface area contributed by atoms with Crippen LogP contribution in [0.3, 0.4) is 0 Å². The Labute approximate surface area is 121 Å². The summed E-state index contributed by atoms with van der Waals surface area (Å²) in [6, 6.07) is 5.67. The van der Waals surface area contributed by atoms with Crippen molar-refractivity contribution in [3.8, 4) is 11.5 Å². The Bertz CT molecular complexity index is 526. The summed E-state index contributed by atoms with van der Waals surface area (Å²) in [6.45, 7) is 7.17. The Balaban J connectivity index is 1.83. The predicted molar refractivity (Wildman–Crippen MR) is 81.1 cm³/mol. The van der Waals surface area contributed by atoms with Crippen LogP contribution in [0.15, 0.2) is 18.2 Å². The van der Waals surface area contributed by atoms with Crippen molar-refractivity contribution in [3.05, 3.63) is 18.2 Å². The van der Waals surface area contributed by atoms with Gasteiger partial charge in [0.2, 0.25) is 0 Å². The highest BCUT2D eigenvalue weighted by Gasteiger charge is 2.62. The lowest BCUT2D eigenvalue weighted by atomic mass is 9.70. The van der Waals surface area contributed by atoms with Crippen molar-refractivity contribution in [2.45, 2.75) is 46.1 Å². The SMILES string of the molecule is COc1ccc(OC2CC3CCC2(C)C3(C)C)c(N)c1. The van der Waals surface area contributed by atoms with Crippen molar-refractivity contribution in [2.75, 3.05) is 12.8 Å². The lowest BCUT2D eigenvalue weighted by Crippen LogP contribution is -2.39. The van der Waals surface area contributed by atoms with E-state index in [9.17, 15) is 0 Å². The predicted octanol–water partition coefficient (Wildman–Crippen LogP) is 3.87. The summed E-state index contributed by atoms with van der Waals surface area (Å²) in [7, 11) is 1.65. The summed E-state index contributed by atoms with van der Waals surface area (Å²) in [5, 5.41) is 0. The standard InChI is InChI=1S/C17H25NO2/c1-16(2)11-7-8-17(16,3)15(9-11)20-14-6-5-12(19-4)10-13(14)18/h5-6,10-11,15H,7-9,18H2,1-4H3. The fourth-order valence-electron chi connectivity index (χ4n) is 4.22. The highest BCUT2D eigenvalue weighted by molar-refractivity contribution is 5.56. The Morgan fingerprint density at radius 2 is 2.00 bits per heavy atom. The van der Waals surface area contributed by atoms with Crippen LogP contribution in [0, 0.1) is 16.7 Å². The summed E-state index contributed by atoms with van der Waals surface area (Å²) in [5.74, 6) is 2.34. The normalized spacial score (nSPS) is 34.2. The van der Waals surface area contributed by atoms with Crippen LogP contribution in [-0.4, -0.2) is 13.2 Å². The van der Waals surface area contributed by atoms with E-state index in [1.54, 1.807) is 7.11 Å². The quantitative estimate of drug-likeness (QED) is 0.852. The molecule has 2 aliphatic carbocycles. The molecule has 3 rings (SSSR count). The summed E-state index contributed by atoms with van der Waals surface area (Å²) in [4.78, 5) is 0. The van der Waals surface area contributed by atoms with Gasteiger partial charge in [0.25, 0.3) is 0 Å². The molecule has 3 nitrogen and oxygen atoms in total. The van der Waals surface area contributed by atoms with E-state index in [0.717, 1.165) is 23.8 Å². The van der Waals surface area contributed by atoms with E-state index in [1.807, 2.05) is 18.2 Å². The van der Waals surface area contributed by atoms with Gasteiger partial charge in [0.1, 0.15) is 17.6 Å². The second-order valence-corrected chi connectivity index (χ2v) is 7.12.